The first-order valence-corrected chi connectivity index (χ1v) is 8.88. The van der Waals surface area contributed by atoms with Crippen LogP contribution in [-0.2, 0) is 30.5 Å². The Morgan fingerprint density at radius 1 is 0.952 bits per heavy atom. The summed E-state index contributed by atoms with van der Waals surface area (Å²) < 4.78 is 15.2. The molecule has 0 saturated carbocycles. The Kier molecular flexibility index (Phi) is 11.3. The number of benzene rings is 1. The third-order valence-electron chi connectivity index (χ3n) is 3.22. The molecule has 0 aliphatic rings. The standard InChI is InChI=1S/C15H25O4P.Zn/c1-2-3-4-5-6-7-8-9-14-10-12-15(13-11-14)19-20(16,17)18;/h10-13H,2-9H2,1H3,(H2,16,17,18);. The summed E-state index contributed by atoms with van der Waals surface area (Å²) in [4.78, 5) is 17.4. The van der Waals surface area contributed by atoms with Crippen LogP contribution in [0, 0.1) is 0 Å². The van der Waals surface area contributed by atoms with Crippen LogP contribution in [0.4, 0.5) is 0 Å². The van der Waals surface area contributed by atoms with Crippen LogP contribution in [0.1, 0.15) is 57.4 Å². The van der Waals surface area contributed by atoms with E-state index in [1.807, 2.05) is 12.1 Å². The summed E-state index contributed by atoms with van der Waals surface area (Å²) in [5.74, 6) is 0.210. The summed E-state index contributed by atoms with van der Waals surface area (Å²) in [6, 6.07) is 6.94. The van der Waals surface area contributed by atoms with E-state index < -0.39 is 7.82 Å². The zero-order valence-corrected chi connectivity index (χ0v) is 16.7. The van der Waals surface area contributed by atoms with Gasteiger partial charge in [0.05, 0.1) is 0 Å². The van der Waals surface area contributed by atoms with Gasteiger partial charge in [-0.2, -0.15) is 0 Å². The minimum Gasteiger partial charge on any atom is -0.404 e. The Labute approximate surface area is 140 Å². The van der Waals surface area contributed by atoms with Gasteiger partial charge < -0.3 is 4.52 Å². The number of phosphoric ester groups is 1. The van der Waals surface area contributed by atoms with Crippen LogP contribution in [0.2, 0.25) is 0 Å². The number of phosphoric acid groups is 1. The van der Waals surface area contributed by atoms with Crippen molar-refractivity contribution in [2.45, 2.75) is 58.3 Å². The van der Waals surface area contributed by atoms with Crippen LogP contribution >= 0.6 is 7.82 Å². The second-order valence-corrected chi connectivity index (χ2v) is 6.26. The van der Waals surface area contributed by atoms with Crippen LogP contribution in [-0.4, -0.2) is 9.79 Å². The van der Waals surface area contributed by atoms with Crippen molar-refractivity contribution in [1.29, 1.82) is 0 Å². The molecule has 0 aromatic heterocycles. The number of aryl methyl sites for hydroxylation is 1. The predicted octanol–water partition coefficient (Wildman–Crippen LogP) is 4.45. The van der Waals surface area contributed by atoms with Crippen molar-refractivity contribution in [3.8, 4) is 5.75 Å². The third kappa shape index (κ3) is 11.1. The molecule has 0 amide bonds. The van der Waals surface area contributed by atoms with Gasteiger partial charge in [0.2, 0.25) is 0 Å². The molecule has 4 nitrogen and oxygen atoms in total. The number of unbranched alkanes of at least 4 members (excludes halogenated alkanes) is 6. The molecule has 0 fully saturated rings. The van der Waals surface area contributed by atoms with Crippen LogP contribution in [0.15, 0.2) is 24.3 Å². The summed E-state index contributed by atoms with van der Waals surface area (Å²) in [6.07, 6.45) is 9.97. The molecule has 0 heterocycles. The molecule has 0 spiro atoms. The Bertz CT molecular complexity index is 416. The molecule has 0 atom stereocenters. The zero-order valence-electron chi connectivity index (χ0n) is 12.8. The first kappa shape index (κ1) is 20.8. The van der Waals surface area contributed by atoms with Crippen LogP contribution in [0.5, 0.6) is 5.75 Å². The average Bonchev–Trinajstić information content (AvgIpc) is 2.38. The second kappa shape index (κ2) is 11.4. The van der Waals surface area contributed by atoms with E-state index in [4.69, 9.17) is 9.79 Å². The first-order chi connectivity index (χ1) is 9.51. The molecule has 0 unspecified atom stereocenters. The SMILES string of the molecule is CCCCCCCCCc1ccc(OP(=O)(O)O)cc1.[Zn]. The summed E-state index contributed by atoms with van der Waals surface area (Å²) in [5, 5.41) is 0. The molecular weight excluding hydrogens is 341 g/mol. The Morgan fingerprint density at radius 3 is 2.00 bits per heavy atom. The topological polar surface area (TPSA) is 66.8 Å². The predicted molar refractivity (Wildman–Crippen MR) is 80.8 cm³/mol. The monoisotopic (exact) mass is 364 g/mol. The zero-order chi connectivity index (χ0) is 14.8. The van der Waals surface area contributed by atoms with Gasteiger partial charge in [0.25, 0.3) is 0 Å². The van der Waals surface area contributed by atoms with Crippen molar-refractivity contribution in [3.63, 3.8) is 0 Å². The largest absolute Gasteiger partial charge is 0.524 e. The van der Waals surface area contributed by atoms with Gasteiger partial charge in [-0.15, -0.1) is 0 Å². The van der Waals surface area contributed by atoms with E-state index in [9.17, 15) is 4.57 Å². The molecule has 2 N–H and O–H groups in total. The van der Waals surface area contributed by atoms with Gasteiger partial charge in [0.15, 0.2) is 0 Å². The molecule has 21 heavy (non-hydrogen) atoms. The maximum Gasteiger partial charge on any atom is 0.524 e. The molecule has 1 rings (SSSR count). The van der Waals surface area contributed by atoms with E-state index >= 15 is 0 Å². The third-order valence-corrected chi connectivity index (χ3v) is 3.67. The smallest absolute Gasteiger partial charge is 0.404 e. The molecular formula is C15H25O4PZn. The summed E-state index contributed by atoms with van der Waals surface area (Å²) >= 11 is 0. The van der Waals surface area contributed by atoms with Gasteiger partial charge in [-0.3, -0.25) is 9.79 Å². The van der Waals surface area contributed by atoms with Crippen LogP contribution in [0.3, 0.4) is 0 Å². The fourth-order valence-corrected chi connectivity index (χ4v) is 2.54. The first-order valence-electron chi connectivity index (χ1n) is 7.35. The minimum absolute atomic E-state index is 0. The molecule has 1 aromatic carbocycles. The molecule has 6 heteroatoms. The van der Waals surface area contributed by atoms with Gasteiger partial charge in [-0.25, -0.2) is 4.57 Å². The van der Waals surface area contributed by atoms with E-state index in [0.717, 1.165) is 12.8 Å². The summed E-state index contributed by atoms with van der Waals surface area (Å²) in [5.41, 5.74) is 1.18. The van der Waals surface area contributed by atoms with Gasteiger partial charge in [0, 0.05) is 19.5 Å². The molecule has 116 valence electrons. The molecule has 0 aliphatic heterocycles. The van der Waals surface area contributed by atoms with E-state index in [1.54, 1.807) is 12.1 Å². The molecule has 0 radical (unpaired) electrons. The van der Waals surface area contributed by atoms with Gasteiger partial charge >= 0.3 is 7.82 Å². The Hall–Kier alpha value is -0.207. The van der Waals surface area contributed by atoms with Gasteiger partial charge in [0.1, 0.15) is 5.75 Å². The molecule has 0 aliphatic carbocycles. The van der Waals surface area contributed by atoms with Crippen LogP contribution in [0.25, 0.3) is 0 Å². The number of hydrogen-bond donors (Lipinski definition) is 2. The normalized spacial score (nSPS) is 11.0. The molecule has 0 saturated heterocycles. The fourth-order valence-electron chi connectivity index (χ4n) is 2.14. The Balaban J connectivity index is 0.00000400. The van der Waals surface area contributed by atoms with E-state index in [2.05, 4.69) is 11.4 Å². The second-order valence-electron chi connectivity index (χ2n) is 5.10. The average molecular weight is 366 g/mol. The number of hydrogen-bond acceptors (Lipinski definition) is 2. The van der Waals surface area contributed by atoms with Gasteiger partial charge in [-0.1, -0.05) is 57.6 Å². The van der Waals surface area contributed by atoms with E-state index in [-0.39, 0.29) is 25.2 Å². The van der Waals surface area contributed by atoms with E-state index in [0.29, 0.717) is 0 Å². The summed E-state index contributed by atoms with van der Waals surface area (Å²) in [7, 11) is -4.44. The molecule has 1 aromatic rings. The maximum atomic E-state index is 10.7. The van der Waals surface area contributed by atoms with Crippen LogP contribution < -0.4 is 4.52 Å². The van der Waals surface area contributed by atoms with Crippen molar-refractivity contribution in [1.82, 2.24) is 0 Å². The van der Waals surface area contributed by atoms with Crippen molar-refractivity contribution >= 4 is 7.82 Å². The minimum atomic E-state index is -4.44. The van der Waals surface area contributed by atoms with Crippen molar-refractivity contribution in [3.05, 3.63) is 29.8 Å². The Morgan fingerprint density at radius 2 is 1.48 bits per heavy atom. The van der Waals surface area contributed by atoms with Gasteiger partial charge in [-0.05, 0) is 30.5 Å². The van der Waals surface area contributed by atoms with E-state index in [1.165, 1.54) is 44.1 Å². The fraction of sp³-hybridized carbons (Fsp3) is 0.600. The summed E-state index contributed by atoms with van der Waals surface area (Å²) in [6.45, 7) is 2.22. The quantitative estimate of drug-likeness (QED) is 0.365. The van der Waals surface area contributed by atoms with Crippen molar-refractivity contribution in [2.24, 2.45) is 0 Å². The molecule has 0 bridgehead atoms. The van der Waals surface area contributed by atoms with Crippen molar-refractivity contribution in [2.75, 3.05) is 0 Å². The number of rotatable bonds is 10. The van der Waals surface area contributed by atoms with Crippen molar-refractivity contribution < 1.29 is 38.4 Å². The maximum absolute atomic E-state index is 10.7.